The molecule has 2 aromatic rings. The summed E-state index contributed by atoms with van der Waals surface area (Å²) in [4.78, 5) is 98.5. The lowest BCUT2D eigenvalue weighted by molar-refractivity contribution is -0.171. The van der Waals surface area contributed by atoms with E-state index in [4.69, 9.17) is 9.47 Å². The molecular weight excluding hydrogens is 965 g/mol. The zero-order chi connectivity index (χ0) is 53.9. The maximum atomic E-state index is 14.3. The second-order valence-corrected chi connectivity index (χ2v) is 24.1. The molecule has 2 heterocycles. The van der Waals surface area contributed by atoms with E-state index in [9.17, 15) is 38.7 Å². The predicted octanol–water partition coefficient (Wildman–Crippen LogP) is 7.39. The van der Waals surface area contributed by atoms with Crippen LogP contribution < -0.4 is 21.3 Å². The molecule has 0 aromatic heterocycles. The standard InChI is InChI=1S/C60H86N6O10/c1-60(2,3)76-59(74)64-37-43-19-13-23-50-54(43)57(72)65(50)44(32-38-14-6-5-7-15-38)26-30-51(68)61-34-40-16-8-10-20-47(40)55(70)63-36-42-18-12-22-49-53(42)56(71)66(49)45(33-39-24-28-46(67)29-25-39)27-31-52(69)62-35-41-17-9-11-21-48(41)58(73)75-4/h5-7,14-15,24-25,28-29,40-45,47-50,53-54,67H,8-13,16-23,26-27,30-37H2,1-4H3,(H,61,68)(H,62,69)(H,63,70)(H,64,74)/t40?,41?,42?,43?,44-,45-,47?,48?,49?,50?,53?,54?/m1/s1. The summed E-state index contributed by atoms with van der Waals surface area (Å²) in [5, 5.41) is 22.4. The minimum atomic E-state index is -0.610. The van der Waals surface area contributed by atoms with Gasteiger partial charge in [0.2, 0.25) is 29.5 Å². The zero-order valence-electron chi connectivity index (χ0n) is 45.6. The molecule has 10 unspecified atom stereocenters. The largest absolute Gasteiger partial charge is 0.508 e. The number of alkyl carbamates (subject to hydrolysis) is 1. The number of esters is 1. The monoisotopic (exact) mass is 1050 g/mol. The number of rotatable bonds is 22. The van der Waals surface area contributed by atoms with Gasteiger partial charge in [0, 0.05) is 69.1 Å². The summed E-state index contributed by atoms with van der Waals surface area (Å²) < 4.78 is 10.5. The number of aromatic hydroxyl groups is 1. The molecule has 416 valence electrons. The average Bonchev–Trinajstić information content (AvgIpc) is 3.42. The lowest BCUT2D eigenvalue weighted by atomic mass is 9.67. The summed E-state index contributed by atoms with van der Waals surface area (Å²) in [7, 11) is 1.41. The van der Waals surface area contributed by atoms with Crippen LogP contribution in [0, 0.1) is 47.3 Å². The second kappa shape index (κ2) is 26.1. The Hall–Kier alpha value is -5.67. The average molecular weight is 1050 g/mol. The van der Waals surface area contributed by atoms with Gasteiger partial charge in [0.25, 0.3) is 0 Å². The van der Waals surface area contributed by atoms with Gasteiger partial charge in [-0.05, 0) is 145 Å². The van der Waals surface area contributed by atoms with Crippen molar-refractivity contribution >= 4 is 41.6 Å². The summed E-state index contributed by atoms with van der Waals surface area (Å²) in [6, 6.07) is 16.8. The normalized spacial score (nSPS) is 28.0. The molecule has 6 aliphatic rings. The quantitative estimate of drug-likeness (QED) is 0.0583. The smallest absolute Gasteiger partial charge is 0.407 e. The molecule has 0 radical (unpaired) electrons. The van der Waals surface area contributed by atoms with E-state index in [1.807, 2.05) is 60.9 Å². The molecular formula is C60H86N6O10. The van der Waals surface area contributed by atoms with E-state index in [-0.39, 0.29) is 126 Å². The van der Waals surface area contributed by atoms with Crippen molar-refractivity contribution in [1.82, 2.24) is 31.1 Å². The Labute approximate surface area is 450 Å². The first-order chi connectivity index (χ1) is 36.6. The molecule has 5 N–H and O–H groups in total. The summed E-state index contributed by atoms with van der Waals surface area (Å²) >= 11 is 0. The summed E-state index contributed by atoms with van der Waals surface area (Å²) in [6.07, 6.45) is 14.6. The lowest BCUT2D eigenvalue weighted by Crippen LogP contribution is -2.68. The van der Waals surface area contributed by atoms with Crippen LogP contribution in [0.25, 0.3) is 0 Å². The highest BCUT2D eigenvalue weighted by Crippen LogP contribution is 2.46. The number of nitrogens with zero attached hydrogens (tertiary/aromatic N) is 2. The number of ether oxygens (including phenoxy) is 2. The van der Waals surface area contributed by atoms with Crippen LogP contribution in [0.4, 0.5) is 4.79 Å². The fourth-order valence-electron chi connectivity index (χ4n) is 14.1. The first-order valence-corrected chi connectivity index (χ1v) is 28.9. The van der Waals surface area contributed by atoms with Crippen molar-refractivity contribution in [2.75, 3.05) is 33.3 Å². The summed E-state index contributed by atoms with van der Waals surface area (Å²) in [5.74, 6) is -0.905. The Bertz CT molecular complexity index is 2320. The fraction of sp³-hybridized carbons (Fsp3) is 0.683. The third-order valence-electron chi connectivity index (χ3n) is 17.9. The molecule has 6 amide bonds. The molecule has 2 saturated heterocycles. The predicted molar refractivity (Wildman–Crippen MR) is 287 cm³/mol. The maximum absolute atomic E-state index is 14.3. The number of hydrogen-bond donors (Lipinski definition) is 5. The van der Waals surface area contributed by atoms with Crippen LogP contribution in [-0.2, 0) is 51.1 Å². The molecule has 4 saturated carbocycles. The topological polar surface area (TPSA) is 213 Å². The van der Waals surface area contributed by atoms with Crippen LogP contribution >= 0.6 is 0 Å². The van der Waals surface area contributed by atoms with Gasteiger partial charge in [0.1, 0.15) is 11.4 Å². The third kappa shape index (κ3) is 14.3. The molecule has 2 aliphatic heterocycles. The molecule has 16 nitrogen and oxygen atoms in total. The van der Waals surface area contributed by atoms with Crippen molar-refractivity contribution in [3.05, 3.63) is 65.7 Å². The number of benzene rings is 2. The Morgan fingerprint density at radius 3 is 1.57 bits per heavy atom. The number of likely N-dealkylation sites (tertiary alicyclic amines) is 2. The molecule has 8 rings (SSSR count). The van der Waals surface area contributed by atoms with E-state index in [1.165, 1.54) is 7.11 Å². The van der Waals surface area contributed by atoms with Gasteiger partial charge in [-0.1, -0.05) is 81.0 Å². The number of methoxy groups -OCH3 is 1. The lowest BCUT2D eigenvalue weighted by Gasteiger charge is -2.56. The van der Waals surface area contributed by atoms with Crippen LogP contribution in [0.2, 0.25) is 0 Å². The first kappa shape index (κ1) is 56.5. The van der Waals surface area contributed by atoms with Crippen LogP contribution in [0.5, 0.6) is 5.75 Å². The first-order valence-electron chi connectivity index (χ1n) is 28.9. The van der Waals surface area contributed by atoms with Gasteiger partial charge in [0.15, 0.2) is 0 Å². The maximum Gasteiger partial charge on any atom is 0.407 e. The number of carbonyl (C=O) groups is 7. The molecule has 6 fully saturated rings. The molecule has 12 atom stereocenters. The number of carbonyl (C=O) groups excluding carboxylic acids is 7. The van der Waals surface area contributed by atoms with Crippen molar-refractivity contribution in [2.24, 2.45) is 47.3 Å². The van der Waals surface area contributed by atoms with Crippen molar-refractivity contribution in [1.29, 1.82) is 0 Å². The van der Waals surface area contributed by atoms with E-state index in [2.05, 4.69) is 33.4 Å². The van der Waals surface area contributed by atoms with Crippen molar-refractivity contribution in [3.8, 4) is 5.75 Å². The number of amides is 6. The van der Waals surface area contributed by atoms with Crippen LogP contribution in [0.1, 0.15) is 147 Å². The van der Waals surface area contributed by atoms with E-state index >= 15 is 0 Å². The number of phenolic OH excluding ortho intramolecular Hbond substituents is 1. The van der Waals surface area contributed by atoms with E-state index in [0.717, 1.165) is 101 Å². The van der Waals surface area contributed by atoms with Gasteiger partial charge in [-0.25, -0.2) is 4.79 Å². The van der Waals surface area contributed by atoms with Gasteiger partial charge in [0.05, 0.1) is 24.9 Å². The number of fused-ring (bicyclic) bond motifs is 2. The Morgan fingerprint density at radius 2 is 1.04 bits per heavy atom. The highest BCUT2D eigenvalue weighted by molar-refractivity contribution is 5.88. The molecule has 0 bridgehead atoms. The number of nitrogens with one attached hydrogen (secondary N) is 4. The molecule has 76 heavy (non-hydrogen) atoms. The van der Waals surface area contributed by atoms with Crippen molar-refractivity contribution in [2.45, 2.75) is 179 Å². The van der Waals surface area contributed by atoms with E-state index in [0.29, 0.717) is 51.9 Å². The number of phenols is 1. The van der Waals surface area contributed by atoms with Gasteiger partial charge in [-0.15, -0.1) is 0 Å². The molecule has 4 aliphatic carbocycles. The fourth-order valence-corrected chi connectivity index (χ4v) is 14.1. The highest BCUT2D eigenvalue weighted by atomic mass is 16.6. The van der Waals surface area contributed by atoms with Gasteiger partial charge in [-0.3, -0.25) is 28.8 Å². The highest BCUT2D eigenvalue weighted by Gasteiger charge is 2.56. The Balaban J connectivity index is 0.824. The Morgan fingerprint density at radius 1 is 0.579 bits per heavy atom. The SMILES string of the molecule is COC(=O)C1CCCCC1CNC(=O)CC[C@H](Cc1ccc(O)cc1)N1C(=O)C2C(CNC(=O)C3CCCCC3CNC(=O)CC[C@H](Cc3ccccc3)N3C(=O)C4C(CNC(=O)OC(C)(C)C)CCCC43)CCCC21. The zero-order valence-corrected chi connectivity index (χ0v) is 45.6. The minimum Gasteiger partial charge on any atom is -0.508 e. The van der Waals surface area contributed by atoms with Crippen molar-refractivity contribution < 1.29 is 48.1 Å². The number of β-lactam (4-membered cyclic amide) rings is 2. The second-order valence-electron chi connectivity index (χ2n) is 24.1. The van der Waals surface area contributed by atoms with E-state index in [1.54, 1.807) is 12.1 Å². The van der Waals surface area contributed by atoms with Gasteiger partial charge >= 0.3 is 12.1 Å². The molecule has 0 spiro atoms. The van der Waals surface area contributed by atoms with Gasteiger partial charge in [-0.2, -0.15) is 0 Å². The Kier molecular flexibility index (Phi) is 19.4. The molecule has 2 aromatic carbocycles. The molecule has 16 heteroatoms. The summed E-state index contributed by atoms with van der Waals surface area (Å²) in [6.45, 7) is 7.10. The third-order valence-corrected chi connectivity index (χ3v) is 17.9. The van der Waals surface area contributed by atoms with Gasteiger partial charge < -0.3 is 45.6 Å². The van der Waals surface area contributed by atoms with E-state index < -0.39 is 11.7 Å². The van der Waals surface area contributed by atoms with Crippen LogP contribution in [0.3, 0.4) is 0 Å². The van der Waals surface area contributed by atoms with Crippen LogP contribution in [-0.4, -0.2) is 120 Å². The number of hydrogen-bond acceptors (Lipinski definition) is 10. The van der Waals surface area contributed by atoms with Crippen molar-refractivity contribution in [3.63, 3.8) is 0 Å². The summed E-state index contributed by atoms with van der Waals surface area (Å²) in [5.41, 5.74) is 1.47. The van der Waals surface area contributed by atoms with Crippen LogP contribution in [0.15, 0.2) is 54.6 Å². The minimum absolute atomic E-state index is 0.00476.